The molecule has 0 radical (unpaired) electrons. The normalized spacial score (nSPS) is 11.4. The maximum Gasteiger partial charge on any atom is 0.106 e. The van der Waals surface area contributed by atoms with Crippen molar-refractivity contribution in [1.82, 2.24) is 24.6 Å². The second-order valence-corrected chi connectivity index (χ2v) is 5.11. The number of benzene rings is 1. The number of nitrogens with one attached hydrogen (secondary N) is 1. The highest BCUT2D eigenvalue weighted by Gasteiger charge is 2.11. The van der Waals surface area contributed by atoms with Crippen LogP contribution in [0, 0.1) is 6.92 Å². The molecule has 0 aliphatic carbocycles. The molecule has 2 aromatic heterocycles. The molecular formula is C15H19N5. The highest BCUT2D eigenvalue weighted by atomic mass is 15.3. The van der Waals surface area contributed by atoms with Crippen LogP contribution in [-0.2, 0) is 20.6 Å². The van der Waals surface area contributed by atoms with Gasteiger partial charge in [-0.1, -0.05) is 6.07 Å². The van der Waals surface area contributed by atoms with Crippen molar-refractivity contribution in [2.75, 3.05) is 7.05 Å². The summed E-state index contributed by atoms with van der Waals surface area (Å²) in [4.78, 5) is 4.60. The van der Waals surface area contributed by atoms with E-state index in [1.807, 2.05) is 32.7 Å². The standard InChI is InChI=1S/C15H19N5/c1-10-17-13-7-11(5-6-15(13)20(10)4)12-9-19(3)18-14(12)8-16-2/h5-7,9,16H,8H2,1-4H3. The van der Waals surface area contributed by atoms with Crippen molar-refractivity contribution in [3.8, 4) is 11.1 Å². The van der Waals surface area contributed by atoms with Gasteiger partial charge in [0, 0.05) is 32.4 Å². The van der Waals surface area contributed by atoms with Gasteiger partial charge in [0.25, 0.3) is 0 Å². The highest BCUT2D eigenvalue weighted by Crippen LogP contribution is 2.26. The van der Waals surface area contributed by atoms with Gasteiger partial charge in [-0.3, -0.25) is 4.68 Å². The number of aryl methyl sites for hydroxylation is 3. The molecule has 0 aliphatic rings. The van der Waals surface area contributed by atoms with Gasteiger partial charge in [0.1, 0.15) is 5.82 Å². The molecule has 5 heteroatoms. The minimum absolute atomic E-state index is 0.759. The molecule has 20 heavy (non-hydrogen) atoms. The number of fused-ring (bicyclic) bond motifs is 1. The van der Waals surface area contributed by atoms with E-state index in [0.29, 0.717) is 0 Å². The van der Waals surface area contributed by atoms with Gasteiger partial charge in [-0.2, -0.15) is 5.10 Å². The number of hydrogen-bond acceptors (Lipinski definition) is 3. The Hall–Kier alpha value is -2.14. The first-order valence-corrected chi connectivity index (χ1v) is 6.70. The molecule has 1 aromatic carbocycles. The molecule has 0 spiro atoms. The van der Waals surface area contributed by atoms with Crippen molar-refractivity contribution in [3.63, 3.8) is 0 Å². The largest absolute Gasteiger partial charge is 0.331 e. The fourth-order valence-corrected chi connectivity index (χ4v) is 2.56. The van der Waals surface area contributed by atoms with Crippen molar-refractivity contribution < 1.29 is 0 Å². The van der Waals surface area contributed by atoms with Crippen LogP contribution in [0.3, 0.4) is 0 Å². The van der Waals surface area contributed by atoms with E-state index in [1.165, 1.54) is 0 Å². The van der Waals surface area contributed by atoms with Crippen molar-refractivity contribution in [2.45, 2.75) is 13.5 Å². The summed E-state index contributed by atoms with van der Waals surface area (Å²) in [5.74, 6) is 1.03. The summed E-state index contributed by atoms with van der Waals surface area (Å²) in [5.41, 5.74) is 5.56. The van der Waals surface area contributed by atoms with Gasteiger partial charge < -0.3 is 9.88 Å². The third-order valence-electron chi connectivity index (χ3n) is 3.66. The van der Waals surface area contributed by atoms with Crippen molar-refractivity contribution >= 4 is 11.0 Å². The van der Waals surface area contributed by atoms with Gasteiger partial charge in [-0.15, -0.1) is 0 Å². The number of rotatable bonds is 3. The fourth-order valence-electron chi connectivity index (χ4n) is 2.56. The Labute approximate surface area is 118 Å². The molecule has 5 nitrogen and oxygen atoms in total. The zero-order valence-electron chi connectivity index (χ0n) is 12.3. The lowest BCUT2D eigenvalue weighted by Crippen LogP contribution is -2.07. The number of hydrogen-bond donors (Lipinski definition) is 1. The average molecular weight is 269 g/mol. The molecule has 2 heterocycles. The molecule has 0 saturated heterocycles. The molecule has 104 valence electrons. The summed E-state index contributed by atoms with van der Waals surface area (Å²) in [6, 6.07) is 6.40. The van der Waals surface area contributed by atoms with Crippen LogP contribution in [0.15, 0.2) is 24.4 Å². The maximum absolute atomic E-state index is 4.60. The molecule has 3 rings (SSSR count). The minimum Gasteiger partial charge on any atom is -0.331 e. The predicted octanol–water partition coefficient (Wildman–Crippen LogP) is 2.00. The molecule has 0 bridgehead atoms. The molecule has 0 amide bonds. The van der Waals surface area contributed by atoms with E-state index in [4.69, 9.17) is 0 Å². The van der Waals surface area contributed by atoms with Gasteiger partial charge >= 0.3 is 0 Å². The molecule has 0 atom stereocenters. The molecule has 3 aromatic rings. The third kappa shape index (κ3) is 2.00. The van der Waals surface area contributed by atoms with Gasteiger partial charge in [0.15, 0.2) is 0 Å². The Balaban J connectivity index is 2.14. The zero-order chi connectivity index (χ0) is 14.3. The van der Waals surface area contributed by atoms with Crippen LogP contribution in [0.4, 0.5) is 0 Å². The van der Waals surface area contributed by atoms with Crippen LogP contribution in [0.1, 0.15) is 11.5 Å². The molecule has 0 saturated carbocycles. The van der Waals surface area contributed by atoms with Crippen molar-refractivity contribution in [2.24, 2.45) is 14.1 Å². The van der Waals surface area contributed by atoms with Crippen LogP contribution >= 0.6 is 0 Å². The SMILES string of the molecule is CNCc1nn(C)cc1-c1ccc2c(c1)nc(C)n2C. The smallest absolute Gasteiger partial charge is 0.106 e. The predicted molar refractivity (Wildman–Crippen MR) is 80.4 cm³/mol. The summed E-state index contributed by atoms with van der Waals surface area (Å²) in [6.07, 6.45) is 2.06. The van der Waals surface area contributed by atoms with Gasteiger partial charge in [-0.25, -0.2) is 4.98 Å². The lowest BCUT2D eigenvalue weighted by atomic mass is 10.1. The molecule has 0 aliphatic heterocycles. The number of nitrogens with zero attached hydrogens (tertiary/aromatic N) is 4. The Kier molecular flexibility index (Phi) is 3.06. The molecular weight excluding hydrogens is 250 g/mol. The van der Waals surface area contributed by atoms with Crippen LogP contribution in [0.2, 0.25) is 0 Å². The second kappa shape index (κ2) is 4.76. The van der Waals surface area contributed by atoms with Crippen molar-refractivity contribution in [3.05, 3.63) is 35.9 Å². The maximum atomic E-state index is 4.60. The fraction of sp³-hybridized carbons (Fsp3) is 0.333. The average Bonchev–Trinajstić information content (AvgIpc) is 2.91. The summed E-state index contributed by atoms with van der Waals surface area (Å²) in [6.45, 7) is 2.78. The lowest BCUT2D eigenvalue weighted by Gasteiger charge is -2.02. The van der Waals surface area contributed by atoms with E-state index in [9.17, 15) is 0 Å². The summed E-state index contributed by atoms with van der Waals surface area (Å²) >= 11 is 0. The molecule has 0 fully saturated rings. The summed E-state index contributed by atoms with van der Waals surface area (Å²) < 4.78 is 3.97. The minimum atomic E-state index is 0.759. The topological polar surface area (TPSA) is 47.7 Å². The van der Waals surface area contributed by atoms with E-state index in [-0.39, 0.29) is 0 Å². The summed E-state index contributed by atoms with van der Waals surface area (Å²) in [7, 11) is 5.93. The molecule has 1 N–H and O–H groups in total. The van der Waals surface area contributed by atoms with Crippen LogP contribution in [0.5, 0.6) is 0 Å². The Bertz CT molecular complexity index is 766. The van der Waals surface area contributed by atoms with E-state index in [0.717, 1.165) is 40.2 Å². The van der Waals surface area contributed by atoms with E-state index >= 15 is 0 Å². The van der Waals surface area contributed by atoms with E-state index in [1.54, 1.807) is 0 Å². The van der Waals surface area contributed by atoms with E-state index in [2.05, 4.69) is 44.4 Å². The van der Waals surface area contributed by atoms with Crippen molar-refractivity contribution in [1.29, 1.82) is 0 Å². The third-order valence-corrected chi connectivity index (χ3v) is 3.66. The van der Waals surface area contributed by atoms with Crippen LogP contribution in [0.25, 0.3) is 22.2 Å². The summed E-state index contributed by atoms with van der Waals surface area (Å²) in [5, 5.41) is 7.67. The zero-order valence-corrected chi connectivity index (χ0v) is 12.3. The highest BCUT2D eigenvalue weighted by molar-refractivity contribution is 5.83. The van der Waals surface area contributed by atoms with E-state index < -0.39 is 0 Å². The quantitative estimate of drug-likeness (QED) is 0.791. The van der Waals surface area contributed by atoms with Gasteiger partial charge in [0.05, 0.1) is 16.7 Å². The first-order valence-electron chi connectivity index (χ1n) is 6.70. The first kappa shape index (κ1) is 12.9. The first-order chi connectivity index (χ1) is 9.60. The second-order valence-electron chi connectivity index (χ2n) is 5.11. The monoisotopic (exact) mass is 269 g/mol. The number of imidazole rings is 1. The lowest BCUT2D eigenvalue weighted by molar-refractivity contribution is 0.712. The number of aromatic nitrogens is 4. The van der Waals surface area contributed by atoms with Gasteiger partial charge in [-0.05, 0) is 31.7 Å². The van der Waals surface area contributed by atoms with Crippen LogP contribution < -0.4 is 5.32 Å². The Morgan fingerprint density at radius 3 is 2.80 bits per heavy atom. The Morgan fingerprint density at radius 1 is 1.25 bits per heavy atom. The van der Waals surface area contributed by atoms with Crippen LogP contribution in [-0.4, -0.2) is 26.4 Å². The molecule has 0 unspecified atom stereocenters. The van der Waals surface area contributed by atoms with Gasteiger partial charge in [0.2, 0.25) is 0 Å². The Morgan fingerprint density at radius 2 is 2.05 bits per heavy atom.